The van der Waals surface area contributed by atoms with Gasteiger partial charge in [0, 0.05) is 51.6 Å². The highest BCUT2D eigenvalue weighted by molar-refractivity contribution is 5.60. The zero-order chi connectivity index (χ0) is 20.2. The molecule has 2 heterocycles. The summed E-state index contributed by atoms with van der Waals surface area (Å²) in [4.78, 5) is 10.8. The smallest absolute Gasteiger partial charge is 0.247 e. The maximum absolute atomic E-state index is 14.0. The van der Waals surface area contributed by atoms with E-state index in [9.17, 15) is 4.39 Å². The van der Waals surface area contributed by atoms with Crippen molar-refractivity contribution in [2.75, 3.05) is 60.3 Å². The largest absolute Gasteiger partial charge is 0.378 e. The second-order valence-corrected chi connectivity index (χ2v) is 7.13. The molecular formula is C21H24FN7. The summed E-state index contributed by atoms with van der Waals surface area (Å²) in [6.45, 7) is 2.82. The molecule has 0 spiro atoms. The van der Waals surface area contributed by atoms with E-state index in [4.69, 9.17) is 0 Å². The summed E-state index contributed by atoms with van der Waals surface area (Å²) in [6.07, 6.45) is 1.61. The molecule has 1 aromatic heterocycles. The van der Waals surface area contributed by atoms with Gasteiger partial charge in [-0.1, -0.05) is 12.1 Å². The summed E-state index contributed by atoms with van der Waals surface area (Å²) in [5.74, 6) is 1.03. The predicted molar refractivity (Wildman–Crippen MR) is 115 cm³/mol. The lowest BCUT2D eigenvalue weighted by molar-refractivity contribution is 0.592. The Labute approximate surface area is 169 Å². The Kier molecular flexibility index (Phi) is 5.41. The Morgan fingerprint density at radius 2 is 1.62 bits per heavy atom. The van der Waals surface area contributed by atoms with E-state index in [1.807, 2.05) is 55.4 Å². The van der Waals surface area contributed by atoms with Crippen LogP contribution >= 0.6 is 0 Å². The van der Waals surface area contributed by atoms with E-state index in [1.54, 1.807) is 12.3 Å². The number of aromatic nitrogens is 3. The fraction of sp³-hybridized carbons (Fsp3) is 0.286. The van der Waals surface area contributed by atoms with Crippen molar-refractivity contribution in [3.8, 4) is 0 Å². The number of hydrogen-bond donors (Lipinski definition) is 1. The summed E-state index contributed by atoms with van der Waals surface area (Å²) in [5.41, 5.74) is 2.71. The zero-order valence-electron chi connectivity index (χ0n) is 16.6. The molecule has 0 bridgehead atoms. The van der Waals surface area contributed by atoms with Gasteiger partial charge in [-0.25, -0.2) is 4.39 Å². The number of rotatable bonds is 5. The number of piperazine rings is 1. The van der Waals surface area contributed by atoms with Crippen LogP contribution in [0.3, 0.4) is 0 Å². The van der Waals surface area contributed by atoms with Crippen LogP contribution in [-0.2, 0) is 0 Å². The lowest BCUT2D eigenvalue weighted by atomic mass is 10.2. The summed E-state index contributed by atoms with van der Waals surface area (Å²) < 4.78 is 14.0. The van der Waals surface area contributed by atoms with Crippen LogP contribution in [0.1, 0.15) is 0 Å². The van der Waals surface area contributed by atoms with E-state index in [1.165, 1.54) is 6.07 Å². The van der Waals surface area contributed by atoms with Crippen LogP contribution in [0.5, 0.6) is 0 Å². The molecule has 1 fully saturated rings. The van der Waals surface area contributed by atoms with Crippen molar-refractivity contribution in [3.63, 3.8) is 0 Å². The van der Waals surface area contributed by atoms with E-state index in [0.29, 0.717) is 43.6 Å². The molecule has 4 rings (SSSR count). The Hall–Kier alpha value is -3.42. The number of benzene rings is 2. The molecule has 0 unspecified atom stereocenters. The molecule has 29 heavy (non-hydrogen) atoms. The Bertz CT molecular complexity index is 953. The summed E-state index contributed by atoms with van der Waals surface area (Å²) in [5, 5.41) is 11.6. The van der Waals surface area contributed by atoms with Crippen molar-refractivity contribution >= 4 is 28.8 Å². The molecule has 8 heteroatoms. The molecule has 1 aliphatic rings. The van der Waals surface area contributed by atoms with Gasteiger partial charge in [0.2, 0.25) is 5.95 Å². The van der Waals surface area contributed by atoms with Crippen LogP contribution in [0.2, 0.25) is 0 Å². The van der Waals surface area contributed by atoms with Gasteiger partial charge in [-0.2, -0.15) is 10.1 Å². The average Bonchev–Trinajstić information content (AvgIpc) is 2.75. The second-order valence-electron chi connectivity index (χ2n) is 7.13. The van der Waals surface area contributed by atoms with Crippen LogP contribution in [0.15, 0.2) is 54.7 Å². The van der Waals surface area contributed by atoms with Gasteiger partial charge in [0.25, 0.3) is 0 Å². The number of para-hydroxylation sites is 1. The van der Waals surface area contributed by atoms with Crippen molar-refractivity contribution in [1.82, 2.24) is 15.2 Å². The van der Waals surface area contributed by atoms with E-state index >= 15 is 0 Å². The minimum Gasteiger partial charge on any atom is -0.378 e. The fourth-order valence-corrected chi connectivity index (χ4v) is 3.33. The number of halogens is 1. The SMILES string of the molecule is CN(C)c1ccc(Nc2cnnc(N3CCN(c4ccccc4F)CC3)n2)cc1. The first-order valence-electron chi connectivity index (χ1n) is 9.59. The summed E-state index contributed by atoms with van der Waals surface area (Å²) >= 11 is 0. The van der Waals surface area contributed by atoms with E-state index in [2.05, 4.69) is 30.3 Å². The van der Waals surface area contributed by atoms with Gasteiger partial charge >= 0.3 is 0 Å². The molecule has 150 valence electrons. The van der Waals surface area contributed by atoms with Gasteiger partial charge < -0.3 is 20.0 Å². The third-order valence-corrected chi connectivity index (χ3v) is 4.96. The quantitative estimate of drug-likeness (QED) is 0.715. The van der Waals surface area contributed by atoms with Gasteiger partial charge in [0.15, 0.2) is 5.82 Å². The van der Waals surface area contributed by atoms with Crippen LogP contribution < -0.4 is 20.0 Å². The van der Waals surface area contributed by atoms with Gasteiger partial charge in [-0.3, -0.25) is 0 Å². The van der Waals surface area contributed by atoms with Crippen LogP contribution in [-0.4, -0.2) is 55.5 Å². The molecule has 0 radical (unpaired) electrons. The third kappa shape index (κ3) is 4.37. The van der Waals surface area contributed by atoms with E-state index in [-0.39, 0.29) is 5.82 Å². The van der Waals surface area contributed by atoms with Crippen LogP contribution in [0.25, 0.3) is 0 Å². The molecule has 2 aromatic carbocycles. The number of hydrogen-bond acceptors (Lipinski definition) is 7. The first-order chi connectivity index (χ1) is 14.1. The van der Waals surface area contributed by atoms with Gasteiger partial charge in [-0.05, 0) is 36.4 Å². The predicted octanol–water partition coefficient (Wildman–Crippen LogP) is 3.15. The van der Waals surface area contributed by atoms with Crippen molar-refractivity contribution in [3.05, 3.63) is 60.5 Å². The topological polar surface area (TPSA) is 60.4 Å². The van der Waals surface area contributed by atoms with Gasteiger partial charge in [0.1, 0.15) is 5.82 Å². The van der Waals surface area contributed by atoms with Gasteiger partial charge in [0.05, 0.1) is 11.9 Å². The monoisotopic (exact) mass is 393 g/mol. The van der Waals surface area contributed by atoms with Crippen LogP contribution in [0, 0.1) is 5.82 Å². The van der Waals surface area contributed by atoms with E-state index in [0.717, 1.165) is 11.4 Å². The fourth-order valence-electron chi connectivity index (χ4n) is 3.33. The van der Waals surface area contributed by atoms with Crippen molar-refractivity contribution < 1.29 is 4.39 Å². The molecular weight excluding hydrogens is 369 g/mol. The van der Waals surface area contributed by atoms with Crippen molar-refractivity contribution in [1.29, 1.82) is 0 Å². The highest BCUT2D eigenvalue weighted by Gasteiger charge is 2.21. The maximum atomic E-state index is 14.0. The van der Waals surface area contributed by atoms with Crippen molar-refractivity contribution in [2.24, 2.45) is 0 Å². The first-order valence-corrected chi connectivity index (χ1v) is 9.59. The highest BCUT2D eigenvalue weighted by Crippen LogP contribution is 2.23. The average molecular weight is 393 g/mol. The third-order valence-electron chi connectivity index (χ3n) is 4.96. The number of anilines is 5. The Balaban J connectivity index is 1.41. The van der Waals surface area contributed by atoms with Crippen LogP contribution in [0.4, 0.5) is 33.2 Å². The molecule has 1 N–H and O–H groups in total. The lowest BCUT2D eigenvalue weighted by Gasteiger charge is -2.36. The number of nitrogens with zero attached hydrogens (tertiary/aromatic N) is 6. The standard InChI is InChI=1S/C21H24FN7/c1-27(2)17-9-7-16(8-10-17)24-20-15-23-26-21(25-20)29-13-11-28(12-14-29)19-6-4-3-5-18(19)22/h3-10,15H,11-14H2,1-2H3,(H,24,25,26). The molecule has 0 aliphatic carbocycles. The van der Waals surface area contributed by atoms with Crippen molar-refractivity contribution in [2.45, 2.75) is 0 Å². The zero-order valence-corrected chi connectivity index (χ0v) is 16.6. The minimum atomic E-state index is -0.189. The second kappa shape index (κ2) is 8.30. The van der Waals surface area contributed by atoms with Gasteiger partial charge in [-0.15, -0.1) is 5.10 Å². The Morgan fingerprint density at radius 1 is 0.931 bits per heavy atom. The molecule has 1 aliphatic heterocycles. The molecule has 0 atom stereocenters. The molecule has 3 aromatic rings. The molecule has 0 amide bonds. The Morgan fingerprint density at radius 3 is 2.31 bits per heavy atom. The maximum Gasteiger partial charge on any atom is 0.247 e. The lowest BCUT2D eigenvalue weighted by Crippen LogP contribution is -2.47. The number of nitrogens with one attached hydrogen (secondary N) is 1. The summed E-state index contributed by atoms with van der Waals surface area (Å²) in [6, 6.07) is 15.0. The minimum absolute atomic E-state index is 0.189. The molecule has 7 nitrogen and oxygen atoms in total. The first kappa shape index (κ1) is 18.9. The summed E-state index contributed by atoms with van der Waals surface area (Å²) in [7, 11) is 4.02. The molecule has 1 saturated heterocycles. The van der Waals surface area contributed by atoms with E-state index < -0.39 is 0 Å². The molecule has 0 saturated carbocycles. The normalized spacial score (nSPS) is 14.0. The highest BCUT2D eigenvalue weighted by atomic mass is 19.1.